The Hall–Kier alpha value is -2.15. The number of carbonyl (C=O) groups is 2. The maximum Gasteiger partial charge on any atom is 0.326 e. The Bertz CT molecular complexity index is 491. The Morgan fingerprint density at radius 1 is 1.61 bits per heavy atom. The predicted octanol–water partition coefficient (Wildman–Crippen LogP) is 0.990. The van der Waals surface area contributed by atoms with Crippen LogP contribution in [-0.4, -0.2) is 28.5 Å². The number of nitrogens with one attached hydrogen (secondary N) is 1. The average Bonchev–Trinajstić information content (AvgIpc) is 2.30. The largest absolute Gasteiger partial charge is 0.480 e. The standard InChI is InChI=1S/C10H9ClN2O5/c11-7-2-1-6(9(4-7)13(17)18)3-8(10(15)16)12-5-14/h1-2,4-5,8H,3H2,(H,12,14)(H,15,16). The highest BCUT2D eigenvalue weighted by atomic mass is 35.5. The van der Waals surface area contributed by atoms with Gasteiger partial charge in [0.05, 0.1) is 4.92 Å². The first-order valence-corrected chi connectivity index (χ1v) is 5.18. The number of nitrogens with zero attached hydrogens (tertiary/aromatic N) is 1. The SMILES string of the molecule is O=CNC(Cc1ccc(Cl)cc1[N+](=O)[O-])C(=O)O. The number of halogens is 1. The number of carboxylic acids is 1. The van der Waals surface area contributed by atoms with E-state index in [1.54, 1.807) is 0 Å². The summed E-state index contributed by atoms with van der Waals surface area (Å²) in [6.45, 7) is 0. The van der Waals surface area contributed by atoms with Crippen molar-refractivity contribution in [2.75, 3.05) is 0 Å². The molecule has 1 rings (SSSR count). The number of hydrogen-bond acceptors (Lipinski definition) is 4. The molecule has 1 atom stereocenters. The molecule has 0 aliphatic rings. The van der Waals surface area contributed by atoms with Gasteiger partial charge in [-0.15, -0.1) is 0 Å². The number of nitro benzene ring substituents is 1. The van der Waals surface area contributed by atoms with Crippen LogP contribution < -0.4 is 5.32 Å². The lowest BCUT2D eigenvalue weighted by Gasteiger charge is -2.11. The zero-order chi connectivity index (χ0) is 13.7. The zero-order valence-corrected chi connectivity index (χ0v) is 9.76. The molecule has 0 aromatic heterocycles. The molecular weight excluding hydrogens is 264 g/mol. The van der Waals surface area contributed by atoms with E-state index in [0.29, 0.717) is 0 Å². The fourth-order valence-corrected chi connectivity index (χ4v) is 1.57. The van der Waals surface area contributed by atoms with Gasteiger partial charge in [-0.1, -0.05) is 17.7 Å². The highest BCUT2D eigenvalue weighted by Gasteiger charge is 2.22. The van der Waals surface area contributed by atoms with Crippen LogP contribution in [0, 0.1) is 10.1 Å². The monoisotopic (exact) mass is 272 g/mol. The van der Waals surface area contributed by atoms with Gasteiger partial charge in [0.1, 0.15) is 6.04 Å². The van der Waals surface area contributed by atoms with Crippen molar-refractivity contribution in [1.29, 1.82) is 0 Å². The highest BCUT2D eigenvalue weighted by molar-refractivity contribution is 6.30. The van der Waals surface area contributed by atoms with Crippen molar-refractivity contribution in [2.24, 2.45) is 0 Å². The van der Waals surface area contributed by atoms with Gasteiger partial charge in [0.15, 0.2) is 0 Å². The molecule has 8 heteroatoms. The first-order valence-electron chi connectivity index (χ1n) is 4.81. The summed E-state index contributed by atoms with van der Waals surface area (Å²) in [5.41, 5.74) is -0.0902. The molecule has 1 amide bonds. The van der Waals surface area contributed by atoms with E-state index in [4.69, 9.17) is 16.7 Å². The fourth-order valence-electron chi connectivity index (χ4n) is 1.40. The second-order valence-corrected chi connectivity index (χ2v) is 3.85. The Morgan fingerprint density at radius 2 is 2.28 bits per heavy atom. The Labute approximate surface area is 107 Å². The topological polar surface area (TPSA) is 110 Å². The van der Waals surface area contributed by atoms with Crippen LogP contribution >= 0.6 is 11.6 Å². The molecule has 0 fully saturated rings. The summed E-state index contributed by atoms with van der Waals surface area (Å²) in [5.74, 6) is -1.27. The third-order valence-electron chi connectivity index (χ3n) is 2.24. The summed E-state index contributed by atoms with van der Waals surface area (Å²) < 4.78 is 0. The maximum absolute atomic E-state index is 10.8. The minimum absolute atomic E-state index is 0.181. The number of amides is 1. The maximum atomic E-state index is 10.8. The molecule has 2 N–H and O–H groups in total. The predicted molar refractivity (Wildman–Crippen MR) is 62.4 cm³/mol. The van der Waals surface area contributed by atoms with E-state index in [1.807, 2.05) is 0 Å². The van der Waals surface area contributed by atoms with Crippen LogP contribution in [0.25, 0.3) is 0 Å². The molecule has 0 aliphatic carbocycles. The van der Waals surface area contributed by atoms with Crippen molar-refractivity contribution in [2.45, 2.75) is 12.5 Å². The van der Waals surface area contributed by atoms with E-state index in [9.17, 15) is 19.7 Å². The van der Waals surface area contributed by atoms with E-state index >= 15 is 0 Å². The van der Waals surface area contributed by atoms with Crippen molar-refractivity contribution < 1.29 is 19.6 Å². The van der Waals surface area contributed by atoms with Crippen molar-refractivity contribution in [3.8, 4) is 0 Å². The lowest BCUT2D eigenvalue weighted by Crippen LogP contribution is -2.37. The van der Waals surface area contributed by atoms with Crippen LogP contribution in [0.15, 0.2) is 18.2 Å². The van der Waals surface area contributed by atoms with E-state index in [1.165, 1.54) is 12.1 Å². The van der Waals surface area contributed by atoms with Crippen molar-refractivity contribution in [1.82, 2.24) is 5.32 Å². The van der Waals surface area contributed by atoms with Gasteiger partial charge in [-0.05, 0) is 6.07 Å². The second kappa shape index (κ2) is 5.97. The van der Waals surface area contributed by atoms with Gasteiger partial charge in [0.2, 0.25) is 6.41 Å². The number of carbonyl (C=O) groups excluding carboxylic acids is 1. The summed E-state index contributed by atoms with van der Waals surface area (Å²) in [5, 5.41) is 21.9. The number of hydrogen-bond donors (Lipinski definition) is 2. The Kier molecular flexibility index (Phi) is 4.61. The smallest absolute Gasteiger partial charge is 0.326 e. The molecule has 0 spiro atoms. The van der Waals surface area contributed by atoms with E-state index in [-0.39, 0.29) is 29.1 Å². The van der Waals surface area contributed by atoms with E-state index in [0.717, 1.165) is 6.07 Å². The van der Waals surface area contributed by atoms with Crippen LogP contribution in [0.3, 0.4) is 0 Å². The molecule has 0 bridgehead atoms. The molecule has 1 aromatic carbocycles. The molecule has 1 unspecified atom stereocenters. The van der Waals surface area contributed by atoms with Gasteiger partial charge in [0.25, 0.3) is 5.69 Å². The molecule has 1 aromatic rings. The minimum Gasteiger partial charge on any atom is -0.480 e. The molecule has 0 saturated heterocycles. The van der Waals surface area contributed by atoms with Crippen molar-refractivity contribution in [3.05, 3.63) is 38.9 Å². The molecule has 18 heavy (non-hydrogen) atoms. The zero-order valence-electron chi connectivity index (χ0n) is 9.00. The quantitative estimate of drug-likeness (QED) is 0.456. The van der Waals surface area contributed by atoms with Crippen LogP contribution in [-0.2, 0) is 16.0 Å². The van der Waals surface area contributed by atoms with Gasteiger partial charge in [0, 0.05) is 23.1 Å². The number of rotatable bonds is 6. The van der Waals surface area contributed by atoms with Crippen LogP contribution in [0.2, 0.25) is 5.02 Å². The lowest BCUT2D eigenvalue weighted by molar-refractivity contribution is -0.385. The fraction of sp³-hybridized carbons (Fsp3) is 0.200. The first kappa shape index (κ1) is 13.9. The second-order valence-electron chi connectivity index (χ2n) is 3.41. The van der Waals surface area contributed by atoms with Crippen molar-refractivity contribution >= 4 is 29.7 Å². The van der Waals surface area contributed by atoms with E-state index in [2.05, 4.69) is 5.32 Å². The third-order valence-corrected chi connectivity index (χ3v) is 2.47. The molecule has 7 nitrogen and oxygen atoms in total. The summed E-state index contributed by atoms with van der Waals surface area (Å²) in [7, 11) is 0. The van der Waals surface area contributed by atoms with Gasteiger partial charge in [-0.2, -0.15) is 0 Å². The van der Waals surface area contributed by atoms with Crippen LogP contribution in [0.5, 0.6) is 0 Å². The first-order chi connectivity index (χ1) is 8.45. The summed E-state index contributed by atoms with van der Waals surface area (Å²) in [4.78, 5) is 31.2. The number of nitro groups is 1. The number of benzene rings is 1. The molecular formula is C10H9ClN2O5. The number of carboxylic acid groups (broad SMARTS) is 1. The third kappa shape index (κ3) is 3.42. The minimum atomic E-state index is -1.27. The average molecular weight is 273 g/mol. The Morgan fingerprint density at radius 3 is 2.78 bits per heavy atom. The van der Waals surface area contributed by atoms with Crippen LogP contribution in [0.4, 0.5) is 5.69 Å². The Balaban J connectivity index is 3.05. The summed E-state index contributed by atoms with van der Waals surface area (Å²) in [6, 6.07) is 2.70. The van der Waals surface area contributed by atoms with Gasteiger partial charge >= 0.3 is 5.97 Å². The van der Waals surface area contributed by atoms with Gasteiger partial charge < -0.3 is 10.4 Å². The molecule has 0 radical (unpaired) electrons. The summed E-state index contributed by atoms with van der Waals surface area (Å²) in [6.07, 6.45) is 0.0437. The number of aliphatic carboxylic acids is 1. The normalized spacial score (nSPS) is 11.6. The van der Waals surface area contributed by atoms with E-state index < -0.39 is 16.9 Å². The van der Waals surface area contributed by atoms with Crippen molar-refractivity contribution in [3.63, 3.8) is 0 Å². The molecule has 96 valence electrons. The molecule has 0 aliphatic heterocycles. The highest BCUT2D eigenvalue weighted by Crippen LogP contribution is 2.24. The lowest BCUT2D eigenvalue weighted by atomic mass is 10.0. The van der Waals surface area contributed by atoms with Gasteiger partial charge in [-0.3, -0.25) is 14.9 Å². The van der Waals surface area contributed by atoms with Crippen LogP contribution in [0.1, 0.15) is 5.56 Å². The molecule has 0 saturated carbocycles. The summed E-state index contributed by atoms with van der Waals surface area (Å²) >= 11 is 5.63. The molecule has 0 heterocycles. The van der Waals surface area contributed by atoms with Gasteiger partial charge in [-0.25, -0.2) is 4.79 Å².